The highest BCUT2D eigenvalue weighted by Gasteiger charge is 2.14. The predicted molar refractivity (Wildman–Crippen MR) is 107 cm³/mol. The monoisotopic (exact) mass is 384 g/mol. The van der Waals surface area contributed by atoms with Crippen molar-refractivity contribution in [1.82, 2.24) is 10.2 Å². The highest BCUT2D eigenvalue weighted by atomic mass is 19.1. The van der Waals surface area contributed by atoms with Gasteiger partial charge in [-0.3, -0.25) is 4.79 Å². The molecule has 1 amide bonds. The van der Waals surface area contributed by atoms with Crippen molar-refractivity contribution in [3.05, 3.63) is 82.9 Å². The number of rotatable bonds is 7. The molecular formula is C23H26F2N2O. The van der Waals surface area contributed by atoms with E-state index in [0.717, 1.165) is 50.0 Å². The van der Waals surface area contributed by atoms with E-state index in [1.54, 1.807) is 18.2 Å². The number of piperidine rings is 1. The molecule has 28 heavy (non-hydrogen) atoms. The molecule has 1 heterocycles. The Hall–Kier alpha value is -2.53. The average Bonchev–Trinajstić information content (AvgIpc) is 2.70. The topological polar surface area (TPSA) is 32.3 Å². The van der Waals surface area contributed by atoms with Crippen molar-refractivity contribution in [1.29, 1.82) is 0 Å². The van der Waals surface area contributed by atoms with E-state index in [-0.39, 0.29) is 17.5 Å². The molecule has 1 N–H and O–H groups in total. The van der Waals surface area contributed by atoms with E-state index in [1.165, 1.54) is 29.8 Å². The van der Waals surface area contributed by atoms with E-state index in [4.69, 9.17) is 0 Å². The molecule has 1 aliphatic rings. The van der Waals surface area contributed by atoms with Gasteiger partial charge in [0.05, 0.1) is 0 Å². The Labute approximate surface area is 165 Å². The van der Waals surface area contributed by atoms with Crippen molar-refractivity contribution >= 4 is 5.91 Å². The van der Waals surface area contributed by atoms with E-state index >= 15 is 0 Å². The summed E-state index contributed by atoms with van der Waals surface area (Å²) in [6.07, 6.45) is 5.11. The second-order valence-corrected chi connectivity index (χ2v) is 7.19. The van der Waals surface area contributed by atoms with Gasteiger partial charge in [0.2, 0.25) is 5.91 Å². The number of halogens is 2. The van der Waals surface area contributed by atoms with Crippen molar-refractivity contribution in [3.8, 4) is 0 Å². The molecule has 0 radical (unpaired) electrons. The van der Waals surface area contributed by atoms with Crippen molar-refractivity contribution in [2.24, 2.45) is 0 Å². The van der Waals surface area contributed by atoms with Crippen LogP contribution in [0.3, 0.4) is 0 Å². The number of amides is 1. The van der Waals surface area contributed by atoms with Crippen molar-refractivity contribution < 1.29 is 13.6 Å². The molecule has 0 bridgehead atoms. The minimum Gasteiger partial charge on any atom is -0.352 e. The van der Waals surface area contributed by atoms with Gasteiger partial charge in [-0.25, -0.2) is 8.78 Å². The van der Waals surface area contributed by atoms with Crippen LogP contribution in [-0.2, 0) is 17.6 Å². The highest BCUT2D eigenvalue weighted by Crippen LogP contribution is 2.16. The van der Waals surface area contributed by atoms with Crippen LogP contribution in [-0.4, -0.2) is 37.0 Å². The third kappa shape index (κ3) is 6.57. The molecule has 1 fully saturated rings. The molecule has 2 aromatic carbocycles. The Morgan fingerprint density at radius 3 is 2.00 bits per heavy atom. The first-order valence-corrected chi connectivity index (χ1v) is 9.77. The lowest BCUT2D eigenvalue weighted by Crippen LogP contribution is -2.33. The van der Waals surface area contributed by atoms with Crippen molar-refractivity contribution in [2.45, 2.75) is 25.7 Å². The summed E-state index contributed by atoms with van der Waals surface area (Å²) in [6, 6.07) is 13.0. The Morgan fingerprint density at radius 2 is 1.43 bits per heavy atom. The summed E-state index contributed by atoms with van der Waals surface area (Å²) in [5.74, 6) is -0.508. The van der Waals surface area contributed by atoms with E-state index < -0.39 is 0 Å². The molecule has 1 saturated heterocycles. The normalized spacial score (nSPS) is 14.7. The zero-order valence-electron chi connectivity index (χ0n) is 16.0. The number of nitrogens with one attached hydrogen (secondary N) is 1. The lowest BCUT2D eigenvalue weighted by molar-refractivity contribution is -0.116. The molecule has 5 heteroatoms. The largest absolute Gasteiger partial charge is 0.352 e. The minimum absolute atomic E-state index is 0.0585. The summed E-state index contributed by atoms with van der Waals surface area (Å²) in [7, 11) is 0. The lowest BCUT2D eigenvalue weighted by Gasteiger charge is -2.28. The molecule has 1 aliphatic heterocycles. The Kier molecular flexibility index (Phi) is 7.31. The number of carbonyl (C=O) groups excluding carboxylic acids is 1. The van der Waals surface area contributed by atoms with E-state index in [9.17, 15) is 13.6 Å². The zero-order chi connectivity index (χ0) is 19.8. The van der Waals surface area contributed by atoms with Gasteiger partial charge < -0.3 is 10.2 Å². The van der Waals surface area contributed by atoms with Crippen LogP contribution in [0.1, 0.15) is 24.0 Å². The summed E-state index contributed by atoms with van der Waals surface area (Å²) >= 11 is 0. The Bertz CT molecular complexity index is 790. The predicted octanol–water partition coefficient (Wildman–Crippen LogP) is 3.89. The van der Waals surface area contributed by atoms with E-state index in [0.29, 0.717) is 13.0 Å². The summed E-state index contributed by atoms with van der Waals surface area (Å²) in [4.78, 5) is 14.5. The molecule has 3 rings (SSSR count). The van der Waals surface area contributed by atoms with E-state index in [2.05, 4.69) is 10.2 Å². The van der Waals surface area contributed by atoms with Gasteiger partial charge in [-0.1, -0.05) is 29.8 Å². The summed E-state index contributed by atoms with van der Waals surface area (Å²) in [5.41, 5.74) is 3.32. The third-order valence-corrected chi connectivity index (χ3v) is 5.09. The molecule has 0 atom stereocenters. The van der Waals surface area contributed by atoms with Crippen LogP contribution in [0.25, 0.3) is 0 Å². The molecule has 0 saturated carbocycles. The third-order valence-electron chi connectivity index (χ3n) is 5.09. The number of likely N-dealkylation sites (tertiary alicyclic amines) is 1. The average molecular weight is 384 g/mol. The number of hydrogen-bond donors (Lipinski definition) is 1. The van der Waals surface area contributed by atoms with Gasteiger partial charge in [-0.2, -0.15) is 0 Å². The van der Waals surface area contributed by atoms with Crippen LogP contribution < -0.4 is 5.32 Å². The molecule has 3 nitrogen and oxygen atoms in total. The quantitative estimate of drug-likeness (QED) is 0.735. The van der Waals surface area contributed by atoms with Gasteiger partial charge in [0.1, 0.15) is 11.6 Å². The SMILES string of the molecule is O=C(C=C1CCN(CCc2ccc(F)cc2)CC1)NCCc1ccc(F)cc1. The first-order valence-electron chi connectivity index (χ1n) is 9.77. The Balaban J connectivity index is 1.35. The Morgan fingerprint density at radius 1 is 0.893 bits per heavy atom. The maximum absolute atomic E-state index is 12.9. The summed E-state index contributed by atoms with van der Waals surface area (Å²) in [6.45, 7) is 3.37. The van der Waals surface area contributed by atoms with Gasteiger partial charge in [0.25, 0.3) is 0 Å². The molecule has 0 spiro atoms. The molecule has 0 aliphatic carbocycles. The summed E-state index contributed by atoms with van der Waals surface area (Å²) < 4.78 is 25.8. The highest BCUT2D eigenvalue weighted by molar-refractivity contribution is 5.88. The van der Waals surface area contributed by atoms with Crippen LogP contribution in [0.15, 0.2) is 60.2 Å². The standard InChI is InChI=1S/C23H26F2N2O/c24-21-5-1-18(2-6-21)9-13-26-23(28)17-20-11-15-27(16-12-20)14-10-19-3-7-22(25)8-4-19/h1-8,17H,9-16H2,(H,26,28). The van der Waals surface area contributed by atoms with Gasteiger partial charge in [0, 0.05) is 32.3 Å². The molecule has 0 unspecified atom stereocenters. The maximum atomic E-state index is 12.9. The number of hydrogen-bond acceptors (Lipinski definition) is 2. The fourth-order valence-corrected chi connectivity index (χ4v) is 3.36. The molecule has 0 aromatic heterocycles. The minimum atomic E-state index is -0.249. The van der Waals surface area contributed by atoms with Gasteiger partial charge >= 0.3 is 0 Å². The van der Waals surface area contributed by atoms with Crippen LogP contribution >= 0.6 is 0 Å². The van der Waals surface area contributed by atoms with Crippen LogP contribution in [0.2, 0.25) is 0 Å². The van der Waals surface area contributed by atoms with Crippen LogP contribution in [0, 0.1) is 11.6 Å². The molecule has 2 aromatic rings. The second kappa shape index (κ2) is 10.1. The fraction of sp³-hybridized carbons (Fsp3) is 0.348. The van der Waals surface area contributed by atoms with Crippen LogP contribution in [0.5, 0.6) is 0 Å². The maximum Gasteiger partial charge on any atom is 0.243 e. The van der Waals surface area contributed by atoms with Gasteiger partial charge in [-0.15, -0.1) is 0 Å². The van der Waals surface area contributed by atoms with Crippen molar-refractivity contribution in [2.75, 3.05) is 26.2 Å². The van der Waals surface area contributed by atoms with Crippen LogP contribution in [0.4, 0.5) is 8.78 Å². The first-order chi connectivity index (χ1) is 13.6. The number of benzene rings is 2. The smallest absolute Gasteiger partial charge is 0.243 e. The first kappa shape index (κ1) is 20.2. The summed E-state index contributed by atoms with van der Waals surface area (Å²) in [5, 5.41) is 2.90. The van der Waals surface area contributed by atoms with E-state index in [1.807, 2.05) is 12.1 Å². The number of carbonyl (C=O) groups is 1. The zero-order valence-corrected chi connectivity index (χ0v) is 16.0. The van der Waals surface area contributed by atoms with Gasteiger partial charge in [-0.05, 0) is 61.1 Å². The lowest BCUT2D eigenvalue weighted by atomic mass is 10.0. The molecule has 148 valence electrons. The fourth-order valence-electron chi connectivity index (χ4n) is 3.36. The number of nitrogens with zero attached hydrogens (tertiary/aromatic N) is 1. The van der Waals surface area contributed by atoms with Crippen molar-refractivity contribution in [3.63, 3.8) is 0 Å². The second-order valence-electron chi connectivity index (χ2n) is 7.19. The molecular weight excluding hydrogens is 358 g/mol. The van der Waals surface area contributed by atoms with Gasteiger partial charge in [0.15, 0.2) is 0 Å².